The number of carboxylic acid groups (broad SMARTS) is 4. The van der Waals surface area contributed by atoms with Gasteiger partial charge in [0.25, 0.3) is 0 Å². The first-order valence-electron chi connectivity index (χ1n) is 14.7. The Morgan fingerprint density at radius 1 is 0.633 bits per heavy atom. The lowest BCUT2D eigenvalue weighted by atomic mass is 10.1. The standard InChI is InChI=1S/C32H30N8O9/c1-38-28-12-21(8-9-25(28)36-37-38)49-22-10-26(23-6-2-4-19(33-23)13-39(15-29(41)42)16-30(43)44)35-27(11-22)24-7-3-5-20(34-24)14-40(17-31(45)46)18-32(47)48/h2-12H,13-18H2,1H3,(H,41,42)(H,43,44)(H,45,46)(H,47,48). The second-order valence-corrected chi connectivity index (χ2v) is 10.9. The third-order valence-electron chi connectivity index (χ3n) is 6.96. The van der Waals surface area contributed by atoms with Gasteiger partial charge in [0.15, 0.2) is 0 Å². The first kappa shape index (κ1) is 34.0. The van der Waals surface area contributed by atoms with Crippen LogP contribution in [0.1, 0.15) is 11.4 Å². The molecule has 0 saturated carbocycles. The molecule has 0 spiro atoms. The van der Waals surface area contributed by atoms with Crippen LogP contribution in [0.25, 0.3) is 33.8 Å². The van der Waals surface area contributed by atoms with Crippen LogP contribution in [0.4, 0.5) is 0 Å². The zero-order valence-corrected chi connectivity index (χ0v) is 26.0. The molecule has 49 heavy (non-hydrogen) atoms. The molecule has 0 unspecified atom stereocenters. The molecule has 5 rings (SSSR count). The van der Waals surface area contributed by atoms with Gasteiger partial charge in [0.1, 0.15) is 17.0 Å². The molecule has 5 aromatic rings. The highest BCUT2D eigenvalue weighted by atomic mass is 16.5. The van der Waals surface area contributed by atoms with Crippen LogP contribution >= 0.6 is 0 Å². The summed E-state index contributed by atoms with van der Waals surface area (Å²) in [6, 6.07) is 18.6. The third-order valence-corrected chi connectivity index (χ3v) is 6.96. The summed E-state index contributed by atoms with van der Waals surface area (Å²) in [6.45, 7) is -2.11. The fraction of sp³-hybridized carbons (Fsp3) is 0.219. The minimum absolute atomic E-state index is 0.0545. The van der Waals surface area contributed by atoms with Gasteiger partial charge in [-0.3, -0.25) is 29.0 Å². The summed E-state index contributed by atoms with van der Waals surface area (Å²) in [5.74, 6) is -3.91. The summed E-state index contributed by atoms with van der Waals surface area (Å²) < 4.78 is 7.86. The molecule has 0 saturated heterocycles. The Balaban J connectivity index is 1.53. The maximum absolute atomic E-state index is 11.3. The predicted octanol–water partition coefficient (Wildman–Crippen LogP) is 2.22. The highest BCUT2D eigenvalue weighted by molar-refractivity contribution is 5.76. The van der Waals surface area contributed by atoms with Gasteiger partial charge in [-0.2, -0.15) is 0 Å². The SMILES string of the molecule is Cn1nnc2ccc(Oc3cc(-c4cccc(CN(CC(=O)O)CC(=O)O)n4)nc(-c4cccc(CN(CC(=O)O)CC(=O)O)n4)c3)cc21. The number of hydrogen-bond donors (Lipinski definition) is 4. The zero-order chi connectivity index (χ0) is 35.1. The van der Waals surface area contributed by atoms with Crippen molar-refractivity contribution in [2.75, 3.05) is 26.2 Å². The Morgan fingerprint density at radius 2 is 1.12 bits per heavy atom. The Morgan fingerprint density at radius 3 is 1.59 bits per heavy atom. The van der Waals surface area contributed by atoms with Crippen LogP contribution in [0.15, 0.2) is 66.7 Å². The topological polar surface area (TPSA) is 234 Å². The molecule has 0 aliphatic heterocycles. The minimum Gasteiger partial charge on any atom is -0.480 e. The fourth-order valence-electron chi connectivity index (χ4n) is 5.02. The van der Waals surface area contributed by atoms with E-state index in [1.165, 1.54) is 9.80 Å². The van der Waals surface area contributed by atoms with E-state index in [2.05, 4.69) is 20.3 Å². The lowest BCUT2D eigenvalue weighted by molar-refractivity contribution is -0.144. The third kappa shape index (κ3) is 9.37. The smallest absolute Gasteiger partial charge is 0.317 e. The van der Waals surface area contributed by atoms with Crippen molar-refractivity contribution in [3.05, 3.63) is 78.1 Å². The van der Waals surface area contributed by atoms with Crippen molar-refractivity contribution in [3.8, 4) is 34.3 Å². The van der Waals surface area contributed by atoms with E-state index in [0.717, 1.165) is 5.52 Å². The first-order valence-corrected chi connectivity index (χ1v) is 14.7. The van der Waals surface area contributed by atoms with Crippen molar-refractivity contribution >= 4 is 34.9 Å². The van der Waals surface area contributed by atoms with Crippen LogP contribution in [0.2, 0.25) is 0 Å². The molecule has 1 aromatic carbocycles. The highest BCUT2D eigenvalue weighted by Crippen LogP contribution is 2.31. The molecule has 4 aromatic heterocycles. The van der Waals surface area contributed by atoms with Crippen molar-refractivity contribution in [2.24, 2.45) is 7.05 Å². The molecule has 0 fully saturated rings. The maximum atomic E-state index is 11.3. The normalized spacial score (nSPS) is 11.2. The summed E-state index contributed by atoms with van der Waals surface area (Å²) in [5.41, 5.74) is 3.68. The molecular formula is C32H30N8O9. The predicted molar refractivity (Wildman–Crippen MR) is 170 cm³/mol. The molecule has 17 nitrogen and oxygen atoms in total. The monoisotopic (exact) mass is 670 g/mol. The van der Waals surface area contributed by atoms with Gasteiger partial charge in [-0.05, 0) is 36.4 Å². The van der Waals surface area contributed by atoms with E-state index in [1.54, 1.807) is 78.5 Å². The van der Waals surface area contributed by atoms with E-state index in [1.807, 2.05) is 0 Å². The van der Waals surface area contributed by atoms with Gasteiger partial charge in [-0.25, -0.2) is 19.6 Å². The molecule has 0 aliphatic rings. The van der Waals surface area contributed by atoms with Crippen molar-refractivity contribution in [1.82, 2.24) is 39.7 Å². The molecule has 252 valence electrons. The van der Waals surface area contributed by atoms with Crippen LogP contribution in [0.5, 0.6) is 11.5 Å². The lowest BCUT2D eigenvalue weighted by Crippen LogP contribution is -2.34. The number of hydrogen-bond acceptors (Lipinski definition) is 12. The molecule has 4 heterocycles. The van der Waals surface area contributed by atoms with Crippen LogP contribution in [0, 0.1) is 0 Å². The van der Waals surface area contributed by atoms with E-state index >= 15 is 0 Å². The molecule has 0 amide bonds. The molecule has 0 bridgehead atoms. The second kappa shape index (κ2) is 15.1. The number of aryl methyl sites for hydroxylation is 1. The average molecular weight is 671 g/mol. The van der Waals surface area contributed by atoms with Crippen LogP contribution in [-0.4, -0.2) is 110 Å². The van der Waals surface area contributed by atoms with Gasteiger partial charge >= 0.3 is 23.9 Å². The molecular weight excluding hydrogens is 640 g/mol. The van der Waals surface area contributed by atoms with Gasteiger partial charge < -0.3 is 25.2 Å². The van der Waals surface area contributed by atoms with E-state index in [-0.39, 0.29) is 13.1 Å². The van der Waals surface area contributed by atoms with Crippen LogP contribution < -0.4 is 4.74 Å². The van der Waals surface area contributed by atoms with Gasteiger partial charge in [0.05, 0.1) is 65.9 Å². The number of aromatic nitrogens is 6. The molecule has 0 radical (unpaired) electrons. The summed E-state index contributed by atoms with van der Waals surface area (Å²) in [6.07, 6.45) is 0. The van der Waals surface area contributed by atoms with Crippen molar-refractivity contribution < 1.29 is 44.3 Å². The number of rotatable bonds is 16. The Kier molecular flexibility index (Phi) is 10.4. The van der Waals surface area contributed by atoms with Crippen LogP contribution in [-0.2, 0) is 39.3 Å². The number of nitrogens with zero attached hydrogens (tertiary/aromatic N) is 8. The number of carbonyl (C=O) groups is 4. The fourth-order valence-corrected chi connectivity index (χ4v) is 5.02. The highest BCUT2D eigenvalue weighted by Gasteiger charge is 2.18. The van der Waals surface area contributed by atoms with E-state index in [9.17, 15) is 39.6 Å². The summed E-state index contributed by atoms with van der Waals surface area (Å²) in [7, 11) is 1.75. The average Bonchev–Trinajstić information content (AvgIpc) is 3.39. The van der Waals surface area contributed by atoms with E-state index in [0.29, 0.717) is 51.2 Å². The summed E-state index contributed by atoms with van der Waals surface area (Å²) in [4.78, 5) is 61.8. The van der Waals surface area contributed by atoms with Crippen LogP contribution in [0.3, 0.4) is 0 Å². The molecule has 4 N–H and O–H groups in total. The maximum Gasteiger partial charge on any atom is 0.317 e. The number of fused-ring (bicyclic) bond motifs is 1. The number of ether oxygens (including phenoxy) is 1. The molecule has 0 atom stereocenters. The number of benzene rings is 1. The number of carboxylic acids is 4. The van der Waals surface area contributed by atoms with Gasteiger partial charge in [0.2, 0.25) is 0 Å². The number of aliphatic carboxylic acids is 4. The van der Waals surface area contributed by atoms with Crippen molar-refractivity contribution in [1.29, 1.82) is 0 Å². The van der Waals surface area contributed by atoms with Crippen molar-refractivity contribution in [2.45, 2.75) is 13.1 Å². The van der Waals surface area contributed by atoms with E-state index < -0.39 is 50.1 Å². The Bertz CT molecular complexity index is 1900. The van der Waals surface area contributed by atoms with Gasteiger partial charge in [-0.1, -0.05) is 17.3 Å². The first-order chi connectivity index (χ1) is 23.4. The number of pyridine rings is 3. The summed E-state index contributed by atoms with van der Waals surface area (Å²) in [5, 5.41) is 45.1. The second-order valence-electron chi connectivity index (χ2n) is 10.9. The molecule has 17 heteroatoms. The van der Waals surface area contributed by atoms with Crippen molar-refractivity contribution in [3.63, 3.8) is 0 Å². The zero-order valence-electron chi connectivity index (χ0n) is 26.0. The molecule has 0 aliphatic carbocycles. The summed E-state index contributed by atoms with van der Waals surface area (Å²) >= 11 is 0. The van der Waals surface area contributed by atoms with Gasteiger partial charge in [-0.15, -0.1) is 5.10 Å². The Hall–Kier alpha value is -6.33. The largest absolute Gasteiger partial charge is 0.480 e. The van der Waals surface area contributed by atoms with Gasteiger partial charge in [0, 0.05) is 38.3 Å². The Labute approximate surface area is 277 Å². The lowest BCUT2D eigenvalue weighted by Gasteiger charge is -2.18. The quantitative estimate of drug-likeness (QED) is 0.118. The minimum atomic E-state index is -1.18. The van der Waals surface area contributed by atoms with E-state index in [4.69, 9.17) is 9.72 Å².